The Morgan fingerprint density at radius 1 is 1.48 bits per heavy atom. The number of amides is 2. The number of Topliss-reactive ketones (excluding diaryl/α,β-unsaturated/α-hetero) is 1. The summed E-state index contributed by atoms with van der Waals surface area (Å²) in [5.74, 6) is 4.22. The number of fused-ring (bicyclic) bond motifs is 1. The van der Waals surface area contributed by atoms with Gasteiger partial charge in [0.2, 0.25) is 5.91 Å². The number of hydrazine groups is 1. The van der Waals surface area contributed by atoms with Gasteiger partial charge < -0.3 is 4.90 Å². The van der Waals surface area contributed by atoms with Crippen LogP contribution in [0, 0.1) is 17.3 Å². The monoisotopic (exact) mass is 319 g/mol. The van der Waals surface area contributed by atoms with Gasteiger partial charge in [-0.25, -0.2) is 5.84 Å². The highest BCUT2D eigenvalue weighted by molar-refractivity contribution is 6.00. The van der Waals surface area contributed by atoms with Gasteiger partial charge in [-0.1, -0.05) is 13.8 Å². The van der Waals surface area contributed by atoms with Crippen LogP contribution in [0.5, 0.6) is 0 Å². The molecule has 1 aliphatic carbocycles. The fraction of sp³-hybridized carbons (Fsp3) is 0.600. The normalized spacial score (nSPS) is 28.7. The second-order valence-corrected chi connectivity index (χ2v) is 6.74. The molecule has 2 fully saturated rings. The quantitative estimate of drug-likeness (QED) is 0.403. The van der Waals surface area contributed by atoms with Crippen molar-refractivity contribution in [2.24, 2.45) is 23.1 Å². The van der Waals surface area contributed by atoms with Crippen molar-refractivity contribution in [3.05, 3.63) is 17.5 Å². The molecular formula is C15H21N5O3. The van der Waals surface area contributed by atoms with Crippen molar-refractivity contribution in [3.8, 4) is 0 Å². The van der Waals surface area contributed by atoms with Gasteiger partial charge in [0, 0.05) is 24.7 Å². The predicted molar refractivity (Wildman–Crippen MR) is 81.0 cm³/mol. The third-order valence-corrected chi connectivity index (χ3v) is 5.19. The molecule has 1 aliphatic heterocycles. The number of aromatic amines is 1. The van der Waals surface area contributed by atoms with E-state index in [2.05, 4.69) is 15.6 Å². The summed E-state index contributed by atoms with van der Waals surface area (Å²) >= 11 is 0. The van der Waals surface area contributed by atoms with Crippen molar-refractivity contribution in [2.45, 2.75) is 26.7 Å². The van der Waals surface area contributed by atoms with Gasteiger partial charge in [-0.05, 0) is 18.9 Å². The maximum absolute atomic E-state index is 12.6. The molecule has 23 heavy (non-hydrogen) atoms. The molecule has 2 aliphatic rings. The molecule has 8 nitrogen and oxygen atoms in total. The van der Waals surface area contributed by atoms with E-state index < -0.39 is 11.3 Å². The second-order valence-electron chi connectivity index (χ2n) is 6.74. The third-order valence-electron chi connectivity index (χ3n) is 5.19. The number of likely N-dealkylation sites (tertiary alicyclic amines) is 1. The molecule has 3 rings (SSSR count). The van der Waals surface area contributed by atoms with Gasteiger partial charge in [0.25, 0.3) is 5.91 Å². The van der Waals surface area contributed by atoms with E-state index in [4.69, 9.17) is 5.84 Å². The molecule has 8 heteroatoms. The summed E-state index contributed by atoms with van der Waals surface area (Å²) in [6.07, 6.45) is 0. The van der Waals surface area contributed by atoms with E-state index >= 15 is 0 Å². The summed E-state index contributed by atoms with van der Waals surface area (Å²) in [4.78, 5) is 38.0. The number of nitrogens with one attached hydrogen (secondary N) is 2. The molecule has 2 heterocycles. The van der Waals surface area contributed by atoms with Crippen LogP contribution < -0.4 is 11.3 Å². The van der Waals surface area contributed by atoms with E-state index in [9.17, 15) is 14.4 Å². The molecule has 3 atom stereocenters. The average molecular weight is 319 g/mol. The summed E-state index contributed by atoms with van der Waals surface area (Å²) in [6, 6.07) is 1.74. The Kier molecular flexibility index (Phi) is 3.51. The van der Waals surface area contributed by atoms with E-state index in [0.29, 0.717) is 12.2 Å². The number of hydrogen-bond acceptors (Lipinski definition) is 5. The summed E-state index contributed by atoms with van der Waals surface area (Å²) in [5, 5.41) is 6.91. The number of hydrogen-bond donors (Lipinski definition) is 3. The summed E-state index contributed by atoms with van der Waals surface area (Å²) in [5.41, 5.74) is 2.56. The van der Waals surface area contributed by atoms with Crippen molar-refractivity contribution in [2.75, 3.05) is 13.1 Å². The largest absolute Gasteiger partial charge is 0.336 e. The summed E-state index contributed by atoms with van der Waals surface area (Å²) in [7, 11) is 0. The van der Waals surface area contributed by atoms with Gasteiger partial charge in [-0.3, -0.25) is 24.9 Å². The first-order valence-corrected chi connectivity index (χ1v) is 7.69. The number of nitrogens with two attached hydrogens (primary N) is 1. The van der Waals surface area contributed by atoms with Crippen LogP contribution in [-0.4, -0.2) is 45.8 Å². The minimum absolute atomic E-state index is 0.0729. The lowest BCUT2D eigenvalue weighted by atomic mass is 9.98. The smallest absolute Gasteiger partial charge is 0.274 e. The molecule has 2 amide bonds. The first-order chi connectivity index (χ1) is 10.8. The molecule has 0 spiro atoms. The molecule has 0 aromatic carbocycles. The Morgan fingerprint density at radius 3 is 2.65 bits per heavy atom. The maximum atomic E-state index is 12.6. The standard InChI is InChI=1S/C15H21N5O3/c1-7(2)10-4-11(19-18-10)14(23)20-5-9-12(13(22)17-16)15(9,6-20)8(3)21/h4,7,9,12H,5-6,16H2,1-3H3,(H,17,22)(H,18,19). The van der Waals surface area contributed by atoms with Crippen LogP contribution in [0.4, 0.5) is 0 Å². The van der Waals surface area contributed by atoms with Crippen LogP contribution >= 0.6 is 0 Å². The fourth-order valence-corrected chi connectivity index (χ4v) is 3.78. The molecule has 1 aromatic heterocycles. The summed E-state index contributed by atoms with van der Waals surface area (Å²) < 4.78 is 0. The fourth-order valence-electron chi connectivity index (χ4n) is 3.78. The number of H-pyrrole nitrogens is 1. The molecular weight excluding hydrogens is 298 g/mol. The van der Waals surface area contributed by atoms with Crippen molar-refractivity contribution in [1.29, 1.82) is 0 Å². The van der Waals surface area contributed by atoms with Crippen LogP contribution in [0.25, 0.3) is 0 Å². The first kappa shape index (κ1) is 15.7. The van der Waals surface area contributed by atoms with Gasteiger partial charge in [-0.2, -0.15) is 5.10 Å². The zero-order valence-electron chi connectivity index (χ0n) is 13.4. The van der Waals surface area contributed by atoms with E-state index in [1.54, 1.807) is 11.0 Å². The van der Waals surface area contributed by atoms with Gasteiger partial charge >= 0.3 is 0 Å². The van der Waals surface area contributed by atoms with E-state index in [0.717, 1.165) is 5.69 Å². The van der Waals surface area contributed by atoms with Gasteiger partial charge in [0.05, 0.1) is 11.3 Å². The number of rotatable bonds is 4. The Hall–Kier alpha value is -2.22. The zero-order valence-corrected chi connectivity index (χ0v) is 13.4. The Labute approximate surface area is 133 Å². The van der Waals surface area contributed by atoms with Gasteiger partial charge in [-0.15, -0.1) is 0 Å². The molecule has 1 aromatic rings. The highest BCUT2D eigenvalue weighted by atomic mass is 16.2. The minimum atomic E-state index is -0.781. The lowest BCUT2D eigenvalue weighted by molar-refractivity contribution is -0.128. The third kappa shape index (κ3) is 2.16. The lowest BCUT2D eigenvalue weighted by Crippen LogP contribution is -2.41. The van der Waals surface area contributed by atoms with Crippen molar-refractivity contribution >= 4 is 17.6 Å². The van der Waals surface area contributed by atoms with Gasteiger partial charge in [0.15, 0.2) is 0 Å². The van der Waals surface area contributed by atoms with E-state index in [-0.39, 0.29) is 36.0 Å². The molecule has 124 valence electrons. The SMILES string of the molecule is CC(=O)C12CN(C(=O)c3cc(C(C)C)[nH]n3)CC1C2C(=O)NN. The van der Waals surface area contributed by atoms with Gasteiger partial charge in [0.1, 0.15) is 11.5 Å². The van der Waals surface area contributed by atoms with Crippen LogP contribution in [0.3, 0.4) is 0 Å². The number of carbonyl (C=O) groups is 3. The van der Waals surface area contributed by atoms with Crippen molar-refractivity contribution < 1.29 is 14.4 Å². The Balaban J connectivity index is 1.76. The molecule has 0 radical (unpaired) electrons. The number of nitrogens with zero attached hydrogens (tertiary/aromatic N) is 2. The number of aromatic nitrogens is 2. The molecule has 4 N–H and O–H groups in total. The highest BCUT2D eigenvalue weighted by Gasteiger charge is 2.75. The number of ketones is 1. The molecule has 1 saturated carbocycles. The average Bonchev–Trinajstić information content (AvgIpc) is 2.89. The molecule has 1 saturated heterocycles. The van der Waals surface area contributed by atoms with E-state index in [1.165, 1.54) is 6.92 Å². The molecule has 0 bridgehead atoms. The Morgan fingerprint density at radius 2 is 2.17 bits per heavy atom. The first-order valence-electron chi connectivity index (χ1n) is 7.69. The Bertz CT molecular complexity index is 682. The predicted octanol–water partition coefficient (Wildman–Crippen LogP) is -0.200. The van der Waals surface area contributed by atoms with Crippen LogP contribution in [0.15, 0.2) is 6.07 Å². The highest BCUT2D eigenvalue weighted by Crippen LogP contribution is 2.63. The van der Waals surface area contributed by atoms with Crippen LogP contribution in [0.1, 0.15) is 42.9 Å². The van der Waals surface area contributed by atoms with Crippen molar-refractivity contribution in [3.63, 3.8) is 0 Å². The topological polar surface area (TPSA) is 121 Å². The van der Waals surface area contributed by atoms with Crippen LogP contribution in [-0.2, 0) is 9.59 Å². The number of carbonyl (C=O) groups excluding carboxylic acids is 3. The summed E-state index contributed by atoms with van der Waals surface area (Å²) in [6.45, 7) is 6.10. The van der Waals surface area contributed by atoms with E-state index in [1.807, 2.05) is 13.8 Å². The zero-order chi connectivity index (χ0) is 16.9. The van der Waals surface area contributed by atoms with Crippen molar-refractivity contribution in [1.82, 2.24) is 20.5 Å². The minimum Gasteiger partial charge on any atom is -0.336 e. The number of piperidine rings is 1. The lowest BCUT2D eigenvalue weighted by Gasteiger charge is -2.21. The maximum Gasteiger partial charge on any atom is 0.274 e. The molecule has 3 unspecified atom stereocenters. The van der Waals surface area contributed by atoms with Crippen LogP contribution in [0.2, 0.25) is 0 Å². The second kappa shape index (κ2) is 5.16.